The maximum Gasteiger partial charge on any atom is 0.139 e. The van der Waals surface area contributed by atoms with Crippen LogP contribution in [-0.2, 0) is 0 Å². The van der Waals surface area contributed by atoms with Crippen molar-refractivity contribution in [3.05, 3.63) is 52.9 Å². The Morgan fingerprint density at radius 1 is 1.22 bits per heavy atom. The van der Waals surface area contributed by atoms with Crippen LogP contribution in [-0.4, -0.2) is 9.38 Å². The number of hydrogen-bond acceptors (Lipinski definition) is 2. The lowest BCUT2D eigenvalue weighted by Crippen LogP contribution is -1.94. The predicted molar refractivity (Wildman–Crippen MR) is 72.7 cm³/mol. The highest BCUT2D eigenvalue weighted by molar-refractivity contribution is 9.10. The largest absolute Gasteiger partial charge is 0.383 e. The Morgan fingerprint density at radius 2 is 2.06 bits per heavy atom. The number of benzene rings is 1. The highest BCUT2D eigenvalue weighted by atomic mass is 79.9. The van der Waals surface area contributed by atoms with Gasteiger partial charge in [-0.3, -0.25) is 4.40 Å². The van der Waals surface area contributed by atoms with E-state index in [1.807, 2.05) is 18.3 Å². The predicted octanol–water partition coefficient (Wildman–Crippen LogP) is 3.49. The SMILES string of the molecule is Nc1c(-c2cccc(F)c2)nc2ccc(Br)cn12. The molecule has 0 saturated carbocycles. The van der Waals surface area contributed by atoms with Crippen LogP contribution in [0.2, 0.25) is 0 Å². The molecule has 18 heavy (non-hydrogen) atoms. The third-order valence-electron chi connectivity index (χ3n) is 2.72. The number of nitrogen functional groups attached to an aromatic ring is 1. The molecule has 2 aromatic heterocycles. The molecule has 0 saturated heterocycles. The Bertz CT molecular complexity index is 736. The first-order chi connectivity index (χ1) is 8.65. The molecule has 0 amide bonds. The molecule has 0 spiro atoms. The maximum atomic E-state index is 13.2. The van der Waals surface area contributed by atoms with Gasteiger partial charge in [0.25, 0.3) is 0 Å². The van der Waals surface area contributed by atoms with Crippen LogP contribution in [0.1, 0.15) is 0 Å². The summed E-state index contributed by atoms with van der Waals surface area (Å²) in [6.45, 7) is 0. The minimum absolute atomic E-state index is 0.301. The molecule has 0 atom stereocenters. The molecule has 3 rings (SSSR count). The van der Waals surface area contributed by atoms with Gasteiger partial charge in [0, 0.05) is 16.2 Å². The van der Waals surface area contributed by atoms with Crippen molar-refractivity contribution in [1.82, 2.24) is 9.38 Å². The average Bonchev–Trinajstić information content (AvgIpc) is 2.67. The first-order valence-corrected chi connectivity index (χ1v) is 6.13. The highest BCUT2D eigenvalue weighted by Crippen LogP contribution is 2.27. The van der Waals surface area contributed by atoms with Crippen LogP contribution in [0.5, 0.6) is 0 Å². The number of imidazole rings is 1. The van der Waals surface area contributed by atoms with Gasteiger partial charge in [-0.15, -0.1) is 0 Å². The second-order valence-corrected chi connectivity index (χ2v) is 4.85. The topological polar surface area (TPSA) is 43.3 Å². The molecule has 1 aromatic carbocycles. The Kier molecular flexibility index (Phi) is 2.56. The van der Waals surface area contributed by atoms with Gasteiger partial charge in [-0.1, -0.05) is 12.1 Å². The van der Waals surface area contributed by atoms with Crippen molar-refractivity contribution in [2.24, 2.45) is 0 Å². The summed E-state index contributed by atoms with van der Waals surface area (Å²) in [4.78, 5) is 4.42. The number of halogens is 2. The number of nitrogens with zero attached hydrogens (tertiary/aromatic N) is 2. The van der Waals surface area contributed by atoms with Gasteiger partial charge in [-0.2, -0.15) is 0 Å². The van der Waals surface area contributed by atoms with E-state index in [0.717, 1.165) is 10.1 Å². The van der Waals surface area contributed by atoms with E-state index >= 15 is 0 Å². The fourth-order valence-corrected chi connectivity index (χ4v) is 2.22. The molecule has 2 N–H and O–H groups in total. The van der Waals surface area contributed by atoms with E-state index in [-0.39, 0.29) is 5.82 Å². The van der Waals surface area contributed by atoms with Crippen LogP contribution in [0.15, 0.2) is 47.1 Å². The van der Waals surface area contributed by atoms with Crippen molar-refractivity contribution in [1.29, 1.82) is 0 Å². The number of anilines is 1. The second kappa shape index (κ2) is 4.10. The monoisotopic (exact) mass is 305 g/mol. The number of aromatic nitrogens is 2. The Labute approximate surface area is 111 Å². The summed E-state index contributed by atoms with van der Waals surface area (Å²) in [6, 6.07) is 9.99. The Morgan fingerprint density at radius 3 is 2.83 bits per heavy atom. The summed E-state index contributed by atoms with van der Waals surface area (Å²) in [5.74, 6) is 0.196. The normalized spacial score (nSPS) is 11.0. The molecule has 3 aromatic rings. The zero-order valence-corrected chi connectivity index (χ0v) is 10.9. The summed E-state index contributed by atoms with van der Waals surface area (Å²) < 4.78 is 15.9. The van der Waals surface area contributed by atoms with Gasteiger partial charge >= 0.3 is 0 Å². The fourth-order valence-electron chi connectivity index (χ4n) is 1.89. The summed E-state index contributed by atoms with van der Waals surface area (Å²) in [7, 11) is 0. The molecule has 0 bridgehead atoms. The molecular weight excluding hydrogens is 297 g/mol. The van der Waals surface area contributed by atoms with Crippen molar-refractivity contribution in [2.75, 3.05) is 5.73 Å². The molecule has 0 aliphatic rings. The molecule has 0 fully saturated rings. The minimum Gasteiger partial charge on any atom is -0.383 e. The standard InChI is InChI=1S/C13H9BrFN3/c14-9-4-5-11-17-12(13(16)18(11)7-9)8-2-1-3-10(15)6-8/h1-7H,16H2. The molecule has 0 radical (unpaired) electrons. The quantitative estimate of drug-likeness (QED) is 0.748. The molecule has 2 heterocycles. The Hall–Kier alpha value is -1.88. The summed E-state index contributed by atoms with van der Waals surface area (Å²) in [5.41, 5.74) is 8.04. The third kappa shape index (κ3) is 1.76. The van der Waals surface area contributed by atoms with Crippen LogP contribution >= 0.6 is 15.9 Å². The molecule has 90 valence electrons. The van der Waals surface area contributed by atoms with Crippen LogP contribution in [0.4, 0.5) is 10.2 Å². The van der Waals surface area contributed by atoms with Gasteiger partial charge in [0.05, 0.1) is 0 Å². The number of pyridine rings is 1. The molecule has 3 nitrogen and oxygen atoms in total. The van der Waals surface area contributed by atoms with Crippen molar-refractivity contribution in [3.8, 4) is 11.3 Å². The maximum absolute atomic E-state index is 13.2. The van der Waals surface area contributed by atoms with Gasteiger partial charge in [0.2, 0.25) is 0 Å². The molecular formula is C13H9BrFN3. The van der Waals surface area contributed by atoms with E-state index in [4.69, 9.17) is 5.73 Å². The Balaban J connectivity index is 2.27. The number of rotatable bonds is 1. The van der Waals surface area contributed by atoms with Crippen molar-refractivity contribution in [3.63, 3.8) is 0 Å². The second-order valence-electron chi connectivity index (χ2n) is 3.93. The summed E-state index contributed by atoms with van der Waals surface area (Å²) in [5, 5.41) is 0. The van der Waals surface area contributed by atoms with Gasteiger partial charge < -0.3 is 5.73 Å². The number of nitrogens with two attached hydrogens (primary N) is 1. The zero-order valence-electron chi connectivity index (χ0n) is 9.27. The van der Waals surface area contributed by atoms with Crippen molar-refractivity contribution in [2.45, 2.75) is 0 Å². The third-order valence-corrected chi connectivity index (χ3v) is 3.19. The molecule has 0 aliphatic heterocycles. The van der Waals surface area contributed by atoms with Crippen molar-refractivity contribution >= 4 is 27.4 Å². The van der Waals surface area contributed by atoms with Crippen LogP contribution in [0.3, 0.4) is 0 Å². The van der Waals surface area contributed by atoms with E-state index in [1.54, 1.807) is 16.5 Å². The molecule has 5 heteroatoms. The minimum atomic E-state index is -0.301. The van der Waals surface area contributed by atoms with Crippen molar-refractivity contribution < 1.29 is 4.39 Å². The van der Waals surface area contributed by atoms with Crippen LogP contribution in [0, 0.1) is 5.82 Å². The van der Waals surface area contributed by atoms with E-state index in [0.29, 0.717) is 17.1 Å². The van der Waals surface area contributed by atoms with E-state index < -0.39 is 0 Å². The van der Waals surface area contributed by atoms with Gasteiger partial charge in [0.15, 0.2) is 0 Å². The first-order valence-electron chi connectivity index (χ1n) is 5.34. The lowest BCUT2D eigenvalue weighted by atomic mass is 10.1. The highest BCUT2D eigenvalue weighted by Gasteiger charge is 2.11. The zero-order chi connectivity index (χ0) is 12.7. The van der Waals surface area contributed by atoms with Gasteiger partial charge in [0.1, 0.15) is 23.0 Å². The summed E-state index contributed by atoms with van der Waals surface area (Å²) in [6.07, 6.45) is 1.83. The molecule has 0 aliphatic carbocycles. The van der Waals surface area contributed by atoms with Gasteiger partial charge in [-0.05, 0) is 40.2 Å². The number of fused-ring (bicyclic) bond motifs is 1. The lowest BCUT2D eigenvalue weighted by molar-refractivity contribution is 0.628. The number of hydrogen-bond donors (Lipinski definition) is 1. The smallest absolute Gasteiger partial charge is 0.139 e. The molecule has 0 unspecified atom stereocenters. The van der Waals surface area contributed by atoms with Gasteiger partial charge in [-0.25, -0.2) is 9.37 Å². The van der Waals surface area contributed by atoms with E-state index in [1.165, 1.54) is 12.1 Å². The van der Waals surface area contributed by atoms with E-state index in [2.05, 4.69) is 20.9 Å². The van der Waals surface area contributed by atoms with Crippen LogP contribution < -0.4 is 5.73 Å². The van der Waals surface area contributed by atoms with E-state index in [9.17, 15) is 4.39 Å². The van der Waals surface area contributed by atoms with Crippen LogP contribution in [0.25, 0.3) is 16.9 Å². The lowest BCUT2D eigenvalue weighted by Gasteiger charge is -1.99. The fraction of sp³-hybridized carbons (Fsp3) is 0. The summed E-state index contributed by atoms with van der Waals surface area (Å²) >= 11 is 3.38. The average molecular weight is 306 g/mol. The first kappa shape index (κ1) is 11.2.